The molecule has 0 aliphatic heterocycles. The summed E-state index contributed by atoms with van der Waals surface area (Å²) >= 11 is 0. The second-order valence-corrected chi connectivity index (χ2v) is 5.24. The van der Waals surface area contributed by atoms with Crippen LogP contribution in [0.4, 0.5) is 13.2 Å². The molecule has 1 aliphatic rings. The van der Waals surface area contributed by atoms with Crippen molar-refractivity contribution < 1.29 is 22.7 Å². The topological polar surface area (TPSA) is 26.3 Å². The largest absolute Gasteiger partial charge is 0.451 e. The van der Waals surface area contributed by atoms with Crippen molar-refractivity contribution in [1.29, 1.82) is 0 Å². The molecule has 2 nitrogen and oxygen atoms in total. The zero-order chi connectivity index (χ0) is 15.1. The molecule has 1 aliphatic carbocycles. The van der Waals surface area contributed by atoms with E-state index in [9.17, 15) is 18.0 Å². The number of esters is 1. The van der Waals surface area contributed by atoms with Gasteiger partial charge in [0.1, 0.15) is 5.60 Å². The Balaban J connectivity index is 2.50. The van der Waals surface area contributed by atoms with Crippen LogP contribution in [0.5, 0.6) is 0 Å². The molecule has 0 radical (unpaired) electrons. The molecule has 108 valence electrons. The molecule has 0 saturated carbocycles. The summed E-state index contributed by atoms with van der Waals surface area (Å²) in [5.41, 5.74) is -1.16. The van der Waals surface area contributed by atoms with Crippen LogP contribution >= 0.6 is 0 Å². The van der Waals surface area contributed by atoms with E-state index in [2.05, 4.69) is 6.58 Å². The van der Waals surface area contributed by atoms with E-state index >= 15 is 0 Å². The summed E-state index contributed by atoms with van der Waals surface area (Å²) < 4.78 is 44.7. The Morgan fingerprint density at radius 2 is 2.05 bits per heavy atom. The summed E-state index contributed by atoms with van der Waals surface area (Å²) in [6, 6.07) is 4.05. The predicted octanol–water partition coefficient (Wildman–Crippen LogP) is 3.99. The summed E-state index contributed by atoms with van der Waals surface area (Å²) in [4.78, 5) is 11.7. The Labute approximate surface area is 115 Å². The van der Waals surface area contributed by atoms with Gasteiger partial charge in [-0.25, -0.2) is 4.79 Å². The molecule has 20 heavy (non-hydrogen) atoms. The van der Waals surface area contributed by atoms with Crippen LogP contribution in [0.2, 0.25) is 0 Å². The number of fused-ring (bicyclic) bond motifs is 1. The number of aryl methyl sites for hydroxylation is 1. The average Bonchev–Trinajstić information content (AvgIpc) is 2.66. The number of benzene rings is 1. The van der Waals surface area contributed by atoms with Crippen LogP contribution in [0.15, 0.2) is 30.4 Å². The summed E-state index contributed by atoms with van der Waals surface area (Å²) in [7, 11) is 0. The number of carbonyl (C=O) groups is 1. The van der Waals surface area contributed by atoms with Gasteiger partial charge < -0.3 is 4.74 Å². The maximum atomic E-state index is 13.1. The van der Waals surface area contributed by atoms with E-state index in [0.29, 0.717) is 18.4 Å². The fourth-order valence-corrected chi connectivity index (χ4v) is 2.56. The van der Waals surface area contributed by atoms with Crippen molar-refractivity contribution in [3.63, 3.8) is 0 Å². The molecular weight excluding hydrogens is 269 g/mol. The fourth-order valence-electron chi connectivity index (χ4n) is 2.56. The van der Waals surface area contributed by atoms with Crippen LogP contribution in [0.3, 0.4) is 0 Å². The van der Waals surface area contributed by atoms with Crippen molar-refractivity contribution in [2.75, 3.05) is 0 Å². The van der Waals surface area contributed by atoms with Crippen molar-refractivity contribution in [3.8, 4) is 0 Å². The Kier molecular flexibility index (Phi) is 3.40. The first-order valence-corrected chi connectivity index (χ1v) is 6.23. The zero-order valence-corrected chi connectivity index (χ0v) is 11.3. The second-order valence-electron chi connectivity index (χ2n) is 5.24. The molecule has 1 unspecified atom stereocenters. The van der Waals surface area contributed by atoms with Crippen molar-refractivity contribution in [2.24, 2.45) is 0 Å². The molecule has 0 N–H and O–H groups in total. The van der Waals surface area contributed by atoms with Crippen LogP contribution < -0.4 is 0 Å². The van der Waals surface area contributed by atoms with Gasteiger partial charge in [0, 0.05) is 11.1 Å². The third kappa shape index (κ3) is 2.44. The van der Waals surface area contributed by atoms with E-state index < -0.39 is 23.3 Å². The van der Waals surface area contributed by atoms with Crippen LogP contribution in [0, 0.1) is 0 Å². The molecule has 0 fully saturated rings. The quantitative estimate of drug-likeness (QED) is 0.606. The lowest BCUT2D eigenvalue weighted by Crippen LogP contribution is -2.29. The SMILES string of the molecule is C=C(C)C(=O)OC1(C)CCc2cccc(C(F)(F)F)c21. The smallest absolute Gasteiger partial charge is 0.416 e. The first-order valence-electron chi connectivity index (χ1n) is 6.23. The van der Waals surface area contributed by atoms with E-state index in [0.717, 1.165) is 6.07 Å². The van der Waals surface area contributed by atoms with Crippen molar-refractivity contribution in [1.82, 2.24) is 0 Å². The molecule has 0 aromatic heterocycles. The highest BCUT2D eigenvalue weighted by atomic mass is 19.4. The second kappa shape index (κ2) is 4.65. The average molecular weight is 284 g/mol. The molecule has 2 rings (SSSR count). The Morgan fingerprint density at radius 1 is 1.40 bits per heavy atom. The number of hydrogen-bond acceptors (Lipinski definition) is 2. The minimum absolute atomic E-state index is 0.0714. The van der Waals surface area contributed by atoms with Gasteiger partial charge in [-0.05, 0) is 38.3 Å². The highest BCUT2D eigenvalue weighted by molar-refractivity contribution is 5.87. The standard InChI is InChI=1S/C15H15F3O2/c1-9(2)13(19)20-14(3)8-7-10-5-4-6-11(12(10)14)15(16,17)18/h4-6H,1,7-8H2,2-3H3. The Bertz CT molecular complexity index is 575. The molecule has 0 spiro atoms. The molecule has 0 heterocycles. The van der Waals surface area contributed by atoms with E-state index in [-0.39, 0.29) is 11.1 Å². The normalized spacial score (nSPS) is 21.4. The van der Waals surface area contributed by atoms with E-state index in [1.54, 1.807) is 6.07 Å². The summed E-state index contributed by atoms with van der Waals surface area (Å²) in [5, 5.41) is 0. The maximum Gasteiger partial charge on any atom is 0.416 e. The number of rotatable bonds is 2. The van der Waals surface area contributed by atoms with Crippen LogP contribution in [0.1, 0.15) is 37.0 Å². The molecule has 0 bridgehead atoms. The minimum Gasteiger partial charge on any atom is -0.451 e. The van der Waals surface area contributed by atoms with E-state index in [1.165, 1.54) is 19.9 Å². The third-order valence-corrected chi connectivity index (χ3v) is 3.52. The molecule has 0 amide bonds. The first kappa shape index (κ1) is 14.6. The van der Waals surface area contributed by atoms with Gasteiger partial charge in [-0.15, -0.1) is 0 Å². The molecule has 1 aromatic rings. The number of hydrogen-bond donors (Lipinski definition) is 0. The van der Waals surface area contributed by atoms with Gasteiger partial charge in [0.25, 0.3) is 0 Å². The maximum absolute atomic E-state index is 13.1. The van der Waals surface area contributed by atoms with Gasteiger partial charge in [-0.2, -0.15) is 13.2 Å². The summed E-state index contributed by atoms with van der Waals surface area (Å²) in [5.74, 6) is -0.669. The third-order valence-electron chi connectivity index (χ3n) is 3.52. The number of halogens is 3. The van der Waals surface area contributed by atoms with Gasteiger partial charge in [-0.1, -0.05) is 18.7 Å². The Hall–Kier alpha value is -1.78. The molecule has 5 heteroatoms. The molecular formula is C15H15F3O2. The Morgan fingerprint density at radius 3 is 2.60 bits per heavy atom. The fraction of sp³-hybridized carbons (Fsp3) is 0.400. The molecule has 1 atom stereocenters. The lowest BCUT2D eigenvalue weighted by atomic mass is 9.92. The van der Waals surface area contributed by atoms with E-state index in [4.69, 9.17) is 4.74 Å². The lowest BCUT2D eigenvalue weighted by Gasteiger charge is -2.28. The minimum atomic E-state index is -4.47. The lowest BCUT2D eigenvalue weighted by molar-refractivity contribution is -0.157. The predicted molar refractivity (Wildman–Crippen MR) is 68.0 cm³/mol. The monoisotopic (exact) mass is 284 g/mol. The first-order chi connectivity index (χ1) is 9.15. The zero-order valence-electron chi connectivity index (χ0n) is 11.3. The molecule has 1 aromatic carbocycles. The van der Waals surface area contributed by atoms with Crippen molar-refractivity contribution in [3.05, 3.63) is 47.0 Å². The van der Waals surface area contributed by atoms with Crippen LogP contribution in [0.25, 0.3) is 0 Å². The number of alkyl halides is 3. The van der Waals surface area contributed by atoms with Crippen molar-refractivity contribution >= 4 is 5.97 Å². The van der Waals surface area contributed by atoms with Crippen molar-refractivity contribution in [2.45, 2.75) is 38.5 Å². The number of carbonyl (C=O) groups excluding carboxylic acids is 1. The van der Waals surface area contributed by atoms with Gasteiger partial charge in [0.15, 0.2) is 0 Å². The van der Waals surface area contributed by atoms with E-state index in [1.807, 2.05) is 0 Å². The van der Waals surface area contributed by atoms with Crippen LogP contribution in [-0.2, 0) is 27.7 Å². The number of ether oxygens (including phenoxy) is 1. The highest BCUT2D eigenvalue weighted by Crippen LogP contribution is 2.46. The van der Waals surface area contributed by atoms with Crippen LogP contribution in [-0.4, -0.2) is 5.97 Å². The highest BCUT2D eigenvalue weighted by Gasteiger charge is 2.46. The summed E-state index contributed by atoms with van der Waals surface area (Å²) in [6.45, 7) is 6.45. The van der Waals surface area contributed by atoms with Gasteiger partial charge in [-0.3, -0.25) is 0 Å². The summed E-state index contributed by atoms with van der Waals surface area (Å²) in [6.07, 6.45) is -3.67. The molecule has 0 saturated heterocycles. The van der Waals surface area contributed by atoms with Gasteiger partial charge in [0.2, 0.25) is 0 Å². The van der Waals surface area contributed by atoms with Gasteiger partial charge in [0.05, 0.1) is 5.56 Å². The van der Waals surface area contributed by atoms with Gasteiger partial charge >= 0.3 is 12.1 Å².